The van der Waals surface area contributed by atoms with Crippen LogP contribution in [0, 0.1) is 23.4 Å². The molecule has 1 heterocycles. The van der Waals surface area contributed by atoms with Gasteiger partial charge in [-0.2, -0.15) is 0 Å². The number of hydrogen-bond acceptors (Lipinski definition) is 0. The summed E-state index contributed by atoms with van der Waals surface area (Å²) in [5.41, 5.74) is 3.66. The Labute approximate surface area is 203 Å². The van der Waals surface area contributed by atoms with Crippen molar-refractivity contribution in [3.63, 3.8) is 0 Å². The molecule has 0 bridgehead atoms. The molecule has 3 aromatic rings. The van der Waals surface area contributed by atoms with E-state index in [4.69, 9.17) is 0 Å². The first-order chi connectivity index (χ1) is 16.5. The van der Waals surface area contributed by atoms with Crippen LogP contribution in [0.4, 0.5) is 13.2 Å². The summed E-state index contributed by atoms with van der Waals surface area (Å²) in [5, 5.41) is 0. The molecule has 3 aromatic carbocycles. The molecule has 4 rings (SSSR count). The summed E-state index contributed by atoms with van der Waals surface area (Å²) in [4.78, 5) is 0. The van der Waals surface area contributed by atoms with Crippen LogP contribution in [0.5, 0.6) is 0 Å². The van der Waals surface area contributed by atoms with Gasteiger partial charge in [0.2, 0.25) is 0 Å². The van der Waals surface area contributed by atoms with Gasteiger partial charge < -0.3 is 0 Å². The maximum absolute atomic E-state index is 14.8. The van der Waals surface area contributed by atoms with Gasteiger partial charge in [-0.3, -0.25) is 0 Å². The normalized spacial score (nSPS) is 15.1. The largest absolute Gasteiger partial charge is 0.206 e. The van der Waals surface area contributed by atoms with Crippen LogP contribution in [0.2, 0.25) is 18.1 Å². The number of benzene rings is 3. The molecular weight excluding hydrogens is 445 g/mol. The maximum Gasteiger partial charge on any atom is 0.159 e. The summed E-state index contributed by atoms with van der Waals surface area (Å²) in [6, 6.07) is 21.3. The summed E-state index contributed by atoms with van der Waals surface area (Å²) in [5.74, 6) is -1.48. The zero-order valence-electron chi connectivity index (χ0n) is 20.1. The van der Waals surface area contributed by atoms with E-state index in [2.05, 4.69) is 31.2 Å². The van der Waals surface area contributed by atoms with E-state index < -0.39 is 17.5 Å². The Balaban J connectivity index is 1.31. The average Bonchev–Trinajstić information content (AvgIpc) is 2.86. The lowest BCUT2D eigenvalue weighted by Crippen LogP contribution is -2.21. The quantitative estimate of drug-likeness (QED) is 0.212. The first kappa shape index (κ1) is 24.8. The number of halogens is 3. The van der Waals surface area contributed by atoms with Crippen molar-refractivity contribution in [3.05, 3.63) is 83.7 Å². The van der Waals surface area contributed by atoms with Gasteiger partial charge in [0, 0.05) is 14.4 Å². The van der Waals surface area contributed by atoms with Crippen LogP contribution < -0.4 is 0 Å². The Bertz CT molecular complexity index is 1070. The molecule has 0 nitrogen and oxygen atoms in total. The van der Waals surface area contributed by atoms with E-state index in [0.29, 0.717) is 5.56 Å². The van der Waals surface area contributed by atoms with Crippen LogP contribution in [-0.2, 0) is 6.42 Å². The fourth-order valence-corrected chi connectivity index (χ4v) is 8.21. The lowest BCUT2D eigenvalue weighted by molar-refractivity contribution is 0.437. The first-order valence-corrected chi connectivity index (χ1v) is 14.8. The Hall–Kier alpha value is -2.33. The molecule has 0 atom stereocenters. The number of rotatable bonds is 9. The standard InChI is InChI=1S/C30H34F3Si/c1-2-3-4-17-34-18-15-23(16-19-34)6-5-22-7-9-24(10-8-22)25-11-13-27(29(32)20-25)26-12-14-28(31)30(33)21-26/h7-14,20-21,23H,2-6,15-19H2,1H3. The summed E-state index contributed by atoms with van der Waals surface area (Å²) < 4.78 is 41.5. The highest BCUT2D eigenvalue weighted by molar-refractivity contribution is 6.58. The zero-order valence-corrected chi connectivity index (χ0v) is 21.1. The highest BCUT2D eigenvalue weighted by Crippen LogP contribution is 2.32. The number of hydrogen-bond donors (Lipinski definition) is 0. The maximum atomic E-state index is 14.8. The van der Waals surface area contributed by atoms with E-state index in [1.54, 1.807) is 6.07 Å². The molecule has 0 spiro atoms. The van der Waals surface area contributed by atoms with Gasteiger partial charge in [-0.15, -0.1) is 0 Å². The summed E-state index contributed by atoms with van der Waals surface area (Å²) in [6.07, 6.45) is 9.38. The summed E-state index contributed by atoms with van der Waals surface area (Å²) in [7, 11) is -0.0650. The lowest BCUT2D eigenvalue weighted by Gasteiger charge is -2.27. The van der Waals surface area contributed by atoms with Crippen molar-refractivity contribution in [2.75, 3.05) is 0 Å². The second-order valence-corrected chi connectivity index (χ2v) is 12.7. The van der Waals surface area contributed by atoms with Crippen molar-refractivity contribution in [2.45, 2.75) is 70.0 Å². The second-order valence-electron chi connectivity index (χ2n) is 9.71. The minimum absolute atomic E-state index is 0.0650. The van der Waals surface area contributed by atoms with Gasteiger partial charge in [0.05, 0.1) is 0 Å². The van der Waals surface area contributed by atoms with Gasteiger partial charge in [0.1, 0.15) is 5.82 Å². The van der Waals surface area contributed by atoms with Crippen LogP contribution in [-0.4, -0.2) is 8.80 Å². The minimum atomic E-state index is -0.974. The Morgan fingerprint density at radius 3 is 2.09 bits per heavy atom. The molecule has 1 fully saturated rings. The smallest absolute Gasteiger partial charge is 0.159 e. The van der Waals surface area contributed by atoms with Crippen molar-refractivity contribution >= 4 is 8.80 Å². The minimum Gasteiger partial charge on any atom is -0.206 e. The van der Waals surface area contributed by atoms with Crippen LogP contribution in [0.3, 0.4) is 0 Å². The van der Waals surface area contributed by atoms with E-state index in [0.717, 1.165) is 35.6 Å². The monoisotopic (exact) mass is 479 g/mol. The van der Waals surface area contributed by atoms with Crippen molar-refractivity contribution in [3.8, 4) is 22.3 Å². The van der Waals surface area contributed by atoms with Gasteiger partial charge in [0.15, 0.2) is 11.6 Å². The van der Waals surface area contributed by atoms with E-state index >= 15 is 0 Å². The first-order valence-electron chi connectivity index (χ1n) is 12.7. The van der Waals surface area contributed by atoms with Gasteiger partial charge in [0.25, 0.3) is 0 Å². The van der Waals surface area contributed by atoms with Gasteiger partial charge in [-0.05, 0) is 59.2 Å². The van der Waals surface area contributed by atoms with Gasteiger partial charge in [-0.1, -0.05) is 99.6 Å². The molecule has 34 heavy (non-hydrogen) atoms. The van der Waals surface area contributed by atoms with Crippen molar-refractivity contribution in [1.82, 2.24) is 0 Å². The number of aryl methyl sites for hydroxylation is 1. The Morgan fingerprint density at radius 1 is 0.735 bits per heavy atom. The molecule has 0 amide bonds. The third-order valence-electron chi connectivity index (χ3n) is 7.27. The highest BCUT2D eigenvalue weighted by atomic mass is 28.3. The summed E-state index contributed by atoms with van der Waals surface area (Å²) >= 11 is 0. The Morgan fingerprint density at radius 2 is 1.41 bits per heavy atom. The molecule has 1 saturated heterocycles. The van der Waals surface area contributed by atoms with E-state index in [9.17, 15) is 13.2 Å². The van der Waals surface area contributed by atoms with E-state index in [-0.39, 0.29) is 14.4 Å². The molecule has 0 unspecified atom stereocenters. The lowest BCUT2D eigenvalue weighted by atomic mass is 9.93. The Kier molecular flexibility index (Phi) is 8.66. The van der Waals surface area contributed by atoms with E-state index in [1.807, 2.05) is 6.07 Å². The summed E-state index contributed by atoms with van der Waals surface area (Å²) in [6.45, 7) is 2.29. The SMILES string of the molecule is CCCCC[Si]1CCC(CCc2ccc(-c3ccc(-c4ccc(F)c(F)c4)c(F)c3)cc2)CC1. The third kappa shape index (κ3) is 6.41. The fourth-order valence-electron chi connectivity index (χ4n) is 5.08. The van der Waals surface area contributed by atoms with Crippen molar-refractivity contribution in [2.24, 2.45) is 5.92 Å². The third-order valence-corrected chi connectivity index (χ3v) is 10.3. The molecule has 1 radical (unpaired) electrons. The van der Waals surface area contributed by atoms with Gasteiger partial charge >= 0.3 is 0 Å². The molecule has 179 valence electrons. The van der Waals surface area contributed by atoms with Crippen LogP contribution in [0.25, 0.3) is 22.3 Å². The molecule has 0 aliphatic carbocycles. The van der Waals surface area contributed by atoms with Gasteiger partial charge in [-0.25, -0.2) is 13.2 Å². The molecule has 1 aliphatic rings. The van der Waals surface area contributed by atoms with Crippen LogP contribution >= 0.6 is 0 Å². The molecule has 0 aromatic heterocycles. The van der Waals surface area contributed by atoms with E-state index in [1.165, 1.54) is 74.4 Å². The highest BCUT2D eigenvalue weighted by Gasteiger charge is 2.21. The molecule has 4 heteroatoms. The van der Waals surface area contributed by atoms with Crippen LogP contribution in [0.15, 0.2) is 60.7 Å². The topological polar surface area (TPSA) is 0 Å². The van der Waals surface area contributed by atoms with Crippen molar-refractivity contribution < 1.29 is 13.2 Å². The molecular formula is C30H34F3Si. The molecule has 1 aliphatic heterocycles. The molecule has 0 saturated carbocycles. The predicted molar refractivity (Wildman–Crippen MR) is 138 cm³/mol. The molecule has 0 N–H and O–H groups in total. The van der Waals surface area contributed by atoms with Crippen molar-refractivity contribution in [1.29, 1.82) is 0 Å². The second kappa shape index (κ2) is 11.9. The van der Waals surface area contributed by atoms with Crippen LogP contribution in [0.1, 0.15) is 51.0 Å². The fraction of sp³-hybridized carbons (Fsp3) is 0.400. The predicted octanol–water partition coefficient (Wildman–Crippen LogP) is 9.47. The zero-order chi connectivity index (χ0) is 23.9. The number of unbranched alkanes of at least 4 members (excludes halogenated alkanes) is 2. The average molecular weight is 480 g/mol.